The summed E-state index contributed by atoms with van der Waals surface area (Å²) in [6.45, 7) is 3.86. The first-order valence-corrected chi connectivity index (χ1v) is 6.54. The Labute approximate surface area is 122 Å². The number of carbonyl (C=O) groups is 1. The van der Waals surface area contributed by atoms with E-state index in [0.717, 1.165) is 17.2 Å². The van der Waals surface area contributed by atoms with Gasteiger partial charge in [-0.2, -0.15) is 0 Å². The average Bonchev–Trinajstić information content (AvgIpc) is 2.41. The summed E-state index contributed by atoms with van der Waals surface area (Å²) < 4.78 is 13.9. The predicted molar refractivity (Wildman–Crippen MR) is 81.0 cm³/mol. The molecule has 0 saturated heterocycles. The van der Waals surface area contributed by atoms with Gasteiger partial charge in [-0.15, -0.1) is 0 Å². The molecule has 2 aromatic carbocycles. The summed E-state index contributed by atoms with van der Waals surface area (Å²) >= 11 is 0. The van der Waals surface area contributed by atoms with Crippen molar-refractivity contribution < 1.29 is 14.3 Å². The van der Waals surface area contributed by atoms with Crippen LogP contribution in [0.4, 0.5) is 15.8 Å². The van der Waals surface area contributed by atoms with Crippen LogP contribution in [0.15, 0.2) is 36.4 Å². The Morgan fingerprint density at radius 1 is 1.33 bits per heavy atom. The van der Waals surface area contributed by atoms with Crippen LogP contribution in [0, 0.1) is 12.7 Å². The molecule has 0 amide bonds. The normalized spacial score (nSPS) is 12.0. The molecule has 0 bridgehead atoms. The maximum Gasteiger partial charge on any atom is 0.337 e. The van der Waals surface area contributed by atoms with E-state index in [1.54, 1.807) is 0 Å². The third kappa shape index (κ3) is 3.13. The first kappa shape index (κ1) is 14.8. The Morgan fingerprint density at radius 3 is 2.62 bits per heavy atom. The summed E-state index contributed by atoms with van der Waals surface area (Å²) in [5, 5.41) is 12.0. The van der Waals surface area contributed by atoms with Crippen LogP contribution in [0.5, 0.6) is 0 Å². The first-order valence-electron chi connectivity index (χ1n) is 6.54. The highest BCUT2D eigenvalue weighted by molar-refractivity contribution is 5.94. The molecule has 0 aliphatic carbocycles. The van der Waals surface area contributed by atoms with Crippen molar-refractivity contribution in [2.45, 2.75) is 19.9 Å². The van der Waals surface area contributed by atoms with Gasteiger partial charge in [0.15, 0.2) is 0 Å². The highest BCUT2D eigenvalue weighted by Crippen LogP contribution is 2.27. The topological polar surface area (TPSA) is 75.3 Å². The number of nitrogens with two attached hydrogens (primary N) is 1. The fourth-order valence-corrected chi connectivity index (χ4v) is 2.27. The van der Waals surface area contributed by atoms with Crippen LogP contribution in [0.1, 0.15) is 34.5 Å². The monoisotopic (exact) mass is 288 g/mol. The van der Waals surface area contributed by atoms with E-state index >= 15 is 0 Å². The van der Waals surface area contributed by atoms with Crippen LogP contribution in [-0.2, 0) is 0 Å². The van der Waals surface area contributed by atoms with Crippen molar-refractivity contribution in [1.82, 2.24) is 0 Å². The molecule has 2 aromatic rings. The van der Waals surface area contributed by atoms with Crippen LogP contribution < -0.4 is 11.1 Å². The van der Waals surface area contributed by atoms with Gasteiger partial charge < -0.3 is 16.2 Å². The van der Waals surface area contributed by atoms with Crippen molar-refractivity contribution in [3.8, 4) is 0 Å². The van der Waals surface area contributed by atoms with Crippen molar-refractivity contribution in [3.63, 3.8) is 0 Å². The predicted octanol–water partition coefficient (Wildman–Crippen LogP) is 3.59. The lowest BCUT2D eigenvalue weighted by atomic mass is 10.0. The van der Waals surface area contributed by atoms with E-state index in [1.807, 2.05) is 38.1 Å². The Bertz CT molecular complexity index is 686. The largest absolute Gasteiger partial charge is 0.478 e. The highest BCUT2D eigenvalue weighted by Gasteiger charge is 2.15. The van der Waals surface area contributed by atoms with Crippen LogP contribution in [-0.4, -0.2) is 11.1 Å². The van der Waals surface area contributed by atoms with Gasteiger partial charge in [0.25, 0.3) is 0 Å². The number of aromatic carboxylic acids is 1. The van der Waals surface area contributed by atoms with Gasteiger partial charge in [-0.1, -0.05) is 24.3 Å². The molecule has 110 valence electrons. The number of benzene rings is 2. The molecule has 0 aliphatic heterocycles. The lowest BCUT2D eigenvalue weighted by Crippen LogP contribution is -2.11. The standard InChI is InChI=1S/C16H17FN2O2/c1-9-5-3-4-6-11(9)10(2)19-15-7-12(16(20)21)14(18)8-13(15)17/h3-8,10,19H,18H2,1-2H3,(H,20,21). The van der Waals surface area contributed by atoms with Gasteiger partial charge in [0.2, 0.25) is 0 Å². The molecule has 1 unspecified atom stereocenters. The second-order valence-electron chi connectivity index (χ2n) is 4.95. The number of rotatable bonds is 4. The molecule has 21 heavy (non-hydrogen) atoms. The number of halogens is 1. The van der Waals surface area contributed by atoms with E-state index < -0.39 is 11.8 Å². The summed E-state index contributed by atoms with van der Waals surface area (Å²) in [7, 11) is 0. The molecule has 0 aromatic heterocycles. The number of hydrogen-bond donors (Lipinski definition) is 3. The first-order chi connectivity index (χ1) is 9.90. The summed E-state index contributed by atoms with van der Waals surface area (Å²) in [5.41, 5.74) is 7.52. The van der Waals surface area contributed by atoms with Crippen molar-refractivity contribution >= 4 is 17.3 Å². The van der Waals surface area contributed by atoms with Crippen molar-refractivity contribution in [1.29, 1.82) is 0 Å². The molecular formula is C16H17FN2O2. The Morgan fingerprint density at radius 2 is 2.00 bits per heavy atom. The van der Waals surface area contributed by atoms with Crippen molar-refractivity contribution in [2.75, 3.05) is 11.1 Å². The minimum atomic E-state index is -1.18. The molecule has 0 aliphatic rings. The zero-order chi connectivity index (χ0) is 15.6. The van der Waals surface area contributed by atoms with E-state index in [0.29, 0.717) is 0 Å². The lowest BCUT2D eigenvalue weighted by molar-refractivity contribution is 0.0698. The van der Waals surface area contributed by atoms with Gasteiger partial charge in [0.1, 0.15) is 5.82 Å². The molecule has 4 N–H and O–H groups in total. The Balaban J connectivity index is 2.33. The van der Waals surface area contributed by atoms with E-state index in [2.05, 4.69) is 5.32 Å². The maximum absolute atomic E-state index is 13.9. The molecule has 0 heterocycles. The summed E-state index contributed by atoms with van der Waals surface area (Å²) in [4.78, 5) is 11.1. The van der Waals surface area contributed by atoms with E-state index in [-0.39, 0.29) is 23.0 Å². The van der Waals surface area contributed by atoms with E-state index in [1.165, 1.54) is 6.07 Å². The SMILES string of the molecule is Cc1ccccc1C(C)Nc1cc(C(=O)O)c(N)cc1F. The summed E-state index contributed by atoms with van der Waals surface area (Å²) in [5.74, 6) is -1.75. The van der Waals surface area contributed by atoms with Crippen molar-refractivity contribution in [2.24, 2.45) is 0 Å². The van der Waals surface area contributed by atoms with Crippen LogP contribution in [0.2, 0.25) is 0 Å². The van der Waals surface area contributed by atoms with Gasteiger partial charge in [0, 0.05) is 11.7 Å². The number of nitrogens with one attached hydrogen (secondary N) is 1. The van der Waals surface area contributed by atoms with Crippen LogP contribution in [0.25, 0.3) is 0 Å². The molecule has 1 atom stereocenters. The molecule has 5 heteroatoms. The smallest absolute Gasteiger partial charge is 0.337 e. The fraction of sp³-hybridized carbons (Fsp3) is 0.188. The zero-order valence-electron chi connectivity index (χ0n) is 11.9. The molecule has 0 fully saturated rings. The molecule has 0 saturated carbocycles. The van der Waals surface area contributed by atoms with Crippen molar-refractivity contribution in [3.05, 3.63) is 58.9 Å². The van der Waals surface area contributed by atoms with Crippen LogP contribution in [0.3, 0.4) is 0 Å². The second-order valence-corrected chi connectivity index (χ2v) is 4.95. The third-order valence-corrected chi connectivity index (χ3v) is 3.40. The Hall–Kier alpha value is -2.56. The molecule has 2 rings (SSSR count). The minimum absolute atomic E-state index is 0.0888. The van der Waals surface area contributed by atoms with Gasteiger partial charge in [-0.05, 0) is 37.1 Å². The molecule has 0 radical (unpaired) electrons. The Kier molecular flexibility index (Phi) is 4.12. The third-order valence-electron chi connectivity index (χ3n) is 3.40. The summed E-state index contributed by atoms with van der Waals surface area (Å²) in [6.07, 6.45) is 0. The number of anilines is 2. The van der Waals surface area contributed by atoms with E-state index in [9.17, 15) is 9.18 Å². The average molecular weight is 288 g/mol. The van der Waals surface area contributed by atoms with E-state index in [4.69, 9.17) is 10.8 Å². The van der Waals surface area contributed by atoms with Gasteiger partial charge in [-0.25, -0.2) is 9.18 Å². The fourth-order valence-electron chi connectivity index (χ4n) is 2.27. The lowest BCUT2D eigenvalue weighted by Gasteiger charge is -2.19. The summed E-state index contributed by atoms with van der Waals surface area (Å²) in [6, 6.07) is 9.83. The number of hydrogen-bond acceptors (Lipinski definition) is 3. The minimum Gasteiger partial charge on any atom is -0.478 e. The number of carboxylic acid groups (broad SMARTS) is 1. The highest BCUT2D eigenvalue weighted by atomic mass is 19.1. The van der Waals surface area contributed by atoms with Gasteiger partial charge >= 0.3 is 5.97 Å². The molecule has 0 spiro atoms. The zero-order valence-corrected chi connectivity index (χ0v) is 11.9. The van der Waals surface area contributed by atoms with Crippen LogP contribution >= 0.6 is 0 Å². The maximum atomic E-state index is 13.9. The molecule has 4 nitrogen and oxygen atoms in total. The second kappa shape index (κ2) is 5.83. The quantitative estimate of drug-likeness (QED) is 0.752. The molecular weight excluding hydrogens is 271 g/mol. The van der Waals surface area contributed by atoms with Gasteiger partial charge in [0.05, 0.1) is 11.3 Å². The number of nitrogen functional groups attached to an aromatic ring is 1. The number of carboxylic acids is 1. The van der Waals surface area contributed by atoms with Gasteiger partial charge in [-0.3, -0.25) is 0 Å². The number of aryl methyl sites for hydroxylation is 1.